The van der Waals surface area contributed by atoms with E-state index in [1.807, 2.05) is 18.4 Å². The summed E-state index contributed by atoms with van der Waals surface area (Å²) >= 11 is 1.51. The Bertz CT molecular complexity index is 1680. The quantitative estimate of drug-likeness (QED) is 0.225. The average molecular weight is 572 g/mol. The van der Waals surface area contributed by atoms with Crippen molar-refractivity contribution in [2.75, 3.05) is 18.5 Å². The van der Waals surface area contributed by atoms with E-state index in [0.717, 1.165) is 10.4 Å². The summed E-state index contributed by atoms with van der Waals surface area (Å²) in [7, 11) is 0. The molecule has 4 N–H and O–H groups in total. The molecule has 0 bridgehead atoms. The summed E-state index contributed by atoms with van der Waals surface area (Å²) in [6, 6.07) is 13.9. The highest BCUT2D eigenvalue weighted by molar-refractivity contribution is 7.13. The molecule has 0 saturated heterocycles. The lowest BCUT2D eigenvalue weighted by Crippen LogP contribution is -2.25. The zero-order valence-electron chi connectivity index (χ0n) is 21.9. The Morgan fingerprint density at radius 3 is 2.41 bits per heavy atom. The Labute approximate surface area is 238 Å². The Hall–Kier alpha value is -5.03. The van der Waals surface area contributed by atoms with E-state index in [0.29, 0.717) is 43.0 Å². The third kappa shape index (κ3) is 5.66. The van der Waals surface area contributed by atoms with Crippen molar-refractivity contribution in [3.63, 3.8) is 0 Å². The highest BCUT2D eigenvalue weighted by atomic mass is 32.1. The van der Waals surface area contributed by atoms with Crippen LogP contribution >= 0.6 is 11.3 Å². The molecule has 5 rings (SSSR count). The lowest BCUT2D eigenvalue weighted by atomic mass is 9.93. The smallest absolute Gasteiger partial charge is 0.355 e. The van der Waals surface area contributed by atoms with Gasteiger partial charge < -0.3 is 25.6 Å². The molecule has 4 aromatic rings. The van der Waals surface area contributed by atoms with Crippen molar-refractivity contribution in [3.05, 3.63) is 88.1 Å². The Morgan fingerprint density at radius 2 is 1.71 bits per heavy atom. The van der Waals surface area contributed by atoms with Crippen LogP contribution in [0.1, 0.15) is 60.6 Å². The van der Waals surface area contributed by atoms with E-state index in [9.17, 15) is 29.4 Å². The summed E-state index contributed by atoms with van der Waals surface area (Å²) in [5.41, 5.74) is 2.30. The third-order valence-corrected chi connectivity index (χ3v) is 7.52. The number of benzene rings is 2. The van der Waals surface area contributed by atoms with Crippen molar-refractivity contribution in [3.8, 4) is 27.3 Å². The fourth-order valence-electron chi connectivity index (χ4n) is 4.52. The van der Waals surface area contributed by atoms with Gasteiger partial charge in [0.25, 0.3) is 11.8 Å². The molecule has 2 aromatic heterocycles. The SMILES string of the molecule is CCCNC(=O)c1ccc(-c2cc3c(cc2C(=O)Nc2ccc(C(=O)O)cc2)-c2sccc2CCO3)c(C(=O)O)n1. The lowest BCUT2D eigenvalue weighted by molar-refractivity contribution is 0.0682. The molecule has 41 heavy (non-hydrogen) atoms. The van der Waals surface area contributed by atoms with Crippen LogP contribution in [0.4, 0.5) is 5.69 Å². The highest BCUT2D eigenvalue weighted by Gasteiger charge is 2.26. The number of nitrogens with zero attached hydrogens (tertiary/aromatic N) is 1. The van der Waals surface area contributed by atoms with Crippen LogP contribution in [0.15, 0.2) is 60.0 Å². The summed E-state index contributed by atoms with van der Waals surface area (Å²) in [4.78, 5) is 54.9. The van der Waals surface area contributed by atoms with Crippen molar-refractivity contribution >= 4 is 40.8 Å². The first-order chi connectivity index (χ1) is 19.8. The zero-order valence-corrected chi connectivity index (χ0v) is 22.7. The number of fused-ring (bicyclic) bond motifs is 3. The number of hydrogen-bond donors (Lipinski definition) is 4. The van der Waals surface area contributed by atoms with E-state index in [-0.39, 0.29) is 33.6 Å². The molecule has 1 aliphatic rings. The second-order valence-corrected chi connectivity index (χ2v) is 10.2. The van der Waals surface area contributed by atoms with Crippen LogP contribution in [0, 0.1) is 0 Å². The summed E-state index contributed by atoms with van der Waals surface area (Å²) in [5, 5.41) is 26.7. The number of amides is 2. The van der Waals surface area contributed by atoms with Crippen LogP contribution in [0.2, 0.25) is 0 Å². The van der Waals surface area contributed by atoms with Gasteiger partial charge in [-0.15, -0.1) is 11.3 Å². The average Bonchev–Trinajstić information content (AvgIpc) is 3.36. The van der Waals surface area contributed by atoms with Gasteiger partial charge in [0.1, 0.15) is 11.4 Å². The number of carboxylic acids is 2. The van der Waals surface area contributed by atoms with E-state index >= 15 is 0 Å². The topological polar surface area (TPSA) is 155 Å². The van der Waals surface area contributed by atoms with E-state index < -0.39 is 23.8 Å². The number of ether oxygens (including phenoxy) is 1. The summed E-state index contributed by atoms with van der Waals surface area (Å²) < 4.78 is 6.03. The van der Waals surface area contributed by atoms with E-state index in [1.54, 1.807) is 12.1 Å². The molecule has 0 unspecified atom stereocenters. The Kier molecular flexibility index (Phi) is 7.79. The fourth-order valence-corrected chi connectivity index (χ4v) is 5.49. The van der Waals surface area contributed by atoms with Crippen molar-refractivity contribution in [1.82, 2.24) is 10.3 Å². The van der Waals surface area contributed by atoms with Crippen LogP contribution in [0.5, 0.6) is 5.75 Å². The number of nitrogens with one attached hydrogen (secondary N) is 2. The molecule has 10 nitrogen and oxygen atoms in total. The van der Waals surface area contributed by atoms with Gasteiger partial charge in [0.05, 0.1) is 12.2 Å². The van der Waals surface area contributed by atoms with Gasteiger partial charge in [-0.3, -0.25) is 9.59 Å². The van der Waals surface area contributed by atoms with Crippen molar-refractivity contribution in [2.45, 2.75) is 19.8 Å². The van der Waals surface area contributed by atoms with Crippen LogP contribution in [0.25, 0.3) is 21.6 Å². The predicted octanol–water partition coefficient (Wildman–Crippen LogP) is 5.20. The summed E-state index contributed by atoms with van der Waals surface area (Å²) in [6.45, 7) is 2.71. The van der Waals surface area contributed by atoms with Crippen molar-refractivity contribution in [1.29, 1.82) is 0 Å². The third-order valence-electron chi connectivity index (χ3n) is 6.53. The highest BCUT2D eigenvalue weighted by Crippen LogP contribution is 2.43. The number of rotatable bonds is 8. The van der Waals surface area contributed by atoms with Gasteiger partial charge in [-0.05, 0) is 72.0 Å². The molecule has 2 aromatic carbocycles. The van der Waals surface area contributed by atoms with E-state index in [1.165, 1.54) is 47.7 Å². The van der Waals surface area contributed by atoms with Crippen LogP contribution in [0.3, 0.4) is 0 Å². The largest absolute Gasteiger partial charge is 0.493 e. The maximum absolute atomic E-state index is 13.7. The number of thiophene rings is 1. The standard InChI is InChI=1S/C30H25N3O7S/c1-2-11-31-28(35)23-8-7-19(25(33-23)30(38)39)20-15-24-22(26-16(9-12-40-24)10-13-41-26)14-21(20)27(34)32-18-5-3-17(4-6-18)29(36)37/h3-8,10,13-15H,2,9,11-12H2,1H3,(H,31,35)(H,32,34)(H,36,37)(H,38,39). The minimum Gasteiger partial charge on any atom is -0.493 e. The van der Waals surface area contributed by atoms with Gasteiger partial charge in [0.15, 0.2) is 5.69 Å². The maximum atomic E-state index is 13.7. The minimum absolute atomic E-state index is 0.0571. The number of carbonyl (C=O) groups is 4. The molecular formula is C30H25N3O7S. The second-order valence-electron chi connectivity index (χ2n) is 9.26. The summed E-state index contributed by atoms with van der Waals surface area (Å²) in [6.07, 6.45) is 1.37. The number of hydrogen-bond acceptors (Lipinski definition) is 7. The van der Waals surface area contributed by atoms with Crippen molar-refractivity contribution in [2.24, 2.45) is 0 Å². The molecule has 0 fully saturated rings. The number of aromatic nitrogens is 1. The predicted molar refractivity (Wildman–Crippen MR) is 153 cm³/mol. The van der Waals surface area contributed by atoms with Crippen LogP contribution in [-0.4, -0.2) is 52.1 Å². The number of carbonyl (C=O) groups excluding carboxylic acids is 2. The monoisotopic (exact) mass is 571 g/mol. The fraction of sp³-hybridized carbons (Fsp3) is 0.167. The molecule has 2 amide bonds. The molecule has 0 saturated carbocycles. The van der Waals surface area contributed by atoms with Gasteiger partial charge in [-0.25, -0.2) is 14.6 Å². The molecule has 11 heteroatoms. The van der Waals surface area contributed by atoms with Crippen molar-refractivity contribution < 1.29 is 34.1 Å². The van der Waals surface area contributed by atoms with Gasteiger partial charge in [0, 0.05) is 45.8 Å². The molecule has 0 aliphatic carbocycles. The van der Waals surface area contributed by atoms with E-state index in [2.05, 4.69) is 15.6 Å². The van der Waals surface area contributed by atoms with Gasteiger partial charge in [-0.2, -0.15) is 0 Å². The molecule has 0 atom stereocenters. The van der Waals surface area contributed by atoms with Crippen LogP contribution in [-0.2, 0) is 6.42 Å². The second kappa shape index (κ2) is 11.6. The zero-order chi connectivity index (χ0) is 29.1. The molecule has 3 heterocycles. The number of pyridine rings is 1. The first-order valence-corrected chi connectivity index (χ1v) is 13.7. The lowest BCUT2D eigenvalue weighted by Gasteiger charge is -2.17. The molecule has 0 radical (unpaired) electrons. The van der Waals surface area contributed by atoms with Gasteiger partial charge in [-0.1, -0.05) is 6.92 Å². The number of anilines is 1. The first kappa shape index (κ1) is 27.5. The van der Waals surface area contributed by atoms with Crippen LogP contribution < -0.4 is 15.4 Å². The normalized spacial score (nSPS) is 11.8. The maximum Gasteiger partial charge on any atom is 0.355 e. The number of aromatic carboxylic acids is 2. The molecule has 1 aliphatic heterocycles. The summed E-state index contributed by atoms with van der Waals surface area (Å²) in [5.74, 6) is -3.02. The van der Waals surface area contributed by atoms with E-state index in [4.69, 9.17) is 4.74 Å². The minimum atomic E-state index is -1.36. The Morgan fingerprint density at radius 1 is 0.927 bits per heavy atom. The Balaban J connectivity index is 1.64. The molecule has 208 valence electrons. The van der Waals surface area contributed by atoms with Gasteiger partial charge in [0.2, 0.25) is 0 Å². The van der Waals surface area contributed by atoms with Gasteiger partial charge >= 0.3 is 11.9 Å². The number of carboxylic acid groups (broad SMARTS) is 2. The molecule has 0 spiro atoms. The first-order valence-electron chi connectivity index (χ1n) is 12.8. The molecular weight excluding hydrogens is 546 g/mol.